The van der Waals surface area contributed by atoms with Crippen LogP contribution in [0.15, 0.2) is 36.5 Å². The Morgan fingerprint density at radius 2 is 2.16 bits per heavy atom. The molecule has 2 aromatic heterocycles. The van der Waals surface area contributed by atoms with Crippen LogP contribution in [0.5, 0.6) is 5.75 Å². The van der Waals surface area contributed by atoms with Crippen LogP contribution in [0.1, 0.15) is 10.6 Å². The van der Waals surface area contributed by atoms with Crippen molar-refractivity contribution in [3.05, 3.63) is 51.6 Å². The van der Waals surface area contributed by atoms with Crippen LogP contribution in [-0.2, 0) is 6.61 Å². The van der Waals surface area contributed by atoms with Gasteiger partial charge in [0.2, 0.25) is 0 Å². The Kier molecular flexibility index (Phi) is 3.36. The Balaban J connectivity index is 1.90. The summed E-state index contributed by atoms with van der Waals surface area (Å²) in [6.07, 6.45) is 1.73. The Morgan fingerprint density at radius 3 is 2.95 bits per heavy atom. The predicted octanol–water partition coefficient (Wildman–Crippen LogP) is 4.23. The summed E-state index contributed by atoms with van der Waals surface area (Å²) < 4.78 is 6.36. The SMILES string of the molecule is Cc1ccc2cccc(OCc3cnc(Cl)s3)c2n1. The third kappa shape index (κ3) is 2.69. The average molecular weight is 291 g/mol. The number of para-hydroxylation sites is 1. The molecule has 5 heteroatoms. The van der Waals surface area contributed by atoms with Crippen molar-refractivity contribution in [3.8, 4) is 5.75 Å². The van der Waals surface area contributed by atoms with E-state index < -0.39 is 0 Å². The van der Waals surface area contributed by atoms with Gasteiger partial charge in [-0.25, -0.2) is 9.97 Å². The van der Waals surface area contributed by atoms with E-state index in [1.165, 1.54) is 11.3 Å². The first-order chi connectivity index (χ1) is 9.22. The Bertz CT molecular complexity index is 726. The topological polar surface area (TPSA) is 35.0 Å². The van der Waals surface area contributed by atoms with E-state index in [0.29, 0.717) is 11.1 Å². The fourth-order valence-electron chi connectivity index (χ4n) is 1.83. The zero-order valence-electron chi connectivity index (χ0n) is 10.3. The molecule has 0 amide bonds. The molecule has 0 spiro atoms. The molecule has 0 bridgehead atoms. The van der Waals surface area contributed by atoms with Crippen molar-refractivity contribution in [1.29, 1.82) is 0 Å². The van der Waals surface area contributed by atoms with Gasteiger partial charge in [0.15, 0.2) is 4.47 Å². The zero-order valence-corrected chi connectivity index (χ0v) is 11.8. The number of benzene rings is 1. The number of hydrogen-bond donors (Lipinski definition) is 0. The standard InChI is InChI=1S/C14H11ClN2OS/c1-9-5-6-10-3-2-4-12(13(10)17-9)18-8-11-7-16-14(15)19-11/h2-7H,8H2,1H3. The summed E-state index contributed by atoms with van der Waals surface area (Å²) in [5.74, 6) is 0.783. The number of ether oxygens (including phenoxy) is 1. The molecule has 0 atom stereocenters. The number of halogens is 1. The maximum Gasteiger partial charge on any atom is 0.183 e. The lowest BCUT2D eigenvalue weighted by molar-refractivity contribution is 0.313. The number of fused-ring (bicyclic) bond motifs is 1. The Hall–Kier alpha value is -1.65. The first-order valence-corrected chi connectivity index (χ1v) is 7.01. The van der Waals surface area contributed by atoms with Crippen LogP contribution in [0.25, 0.3) is 10.9 Å². The Labute approximate surface area is 119 Å². The molecule has 0 saturated carbocycles. The maximum absolute atomic E-state index is 5.82. The summed E-state index contributed by atoms with van der Waals surface area (Å²) in [7, 11) is 0. The van der Waals surface area contributed by atoms with Crippen molar-refractivity contribution in [1.82, 2.24) is 9.97 Å². The van der Waals surface area contributed by atoms with Gasteiger partial charge in [-0.1, -0.05) is 29.8 Å². The highest BCUT2D eigenvalue weighted by Crippen LogP contribution is 2.26. The molecular weight excluding hydrogens is 280 g/mol. The number of thiazole rings is 1. The van der Waals surface area contributed by atoms with Gasteiger partial charge < -0.3 is 4.74 Å². The molecule has 0 unspecified atom stereocenters. The van der Waals surface area contributed by atoms with E-state index in [1.54, 1.807) is 6.20 Å². The van der Waals surface area contributed by atoms with Crippen LogP contribution in [0.3, 0.4) is 0 Å². The molecule has 3 rings (SSSR count). The minimum Gasteiger partial charge on any atom is -0.486 e. The summed E-state index contributed by atoms with van der Waals surface area (Å²) in [6.45, 7) is 2.43. The molecule has 0 radical (unpaired) electrons. The second-order valence-electron chi connectivity index (χ2n) is 4.15. The molecule has 0 saturated heterocycles. The highest BCUT2D eigenvalue weighted by molar-refractivity contribution is 7.15. The third-order valence-corrected chi connectivity index (χ3v) is 3.81. The monoisotopic (exact) mass is 290 g/mol. The fraction of sp³-hybridized carbons (Fsp3) is 0.143. The van der Waals surface area contributed by atoms with E-state index in [0.717, 1.165) is 27.2 Å². The van der Waals surface area contributed by atoms with Crippen molar-refractivity contribution >= 4 is 33.8 Å². The highest BCUT2D eigenvalue weighted by atomic mass is 35.5. The minimum absolute atomic E-state index is 0.457. The number of pyridine rings is 1. The van der Waals surface area contributed by atoms with Crippen LogP contribution in [0.4, 0.5) is 0 Å². The van der Waals surface area contributed by atoms with E-state index in [9.17, 15) is 0 Å². The summed E-state index contributed by atoms with van der Waals surface area (Å²) in [6, 6.07) is 9.97. The van der Waals surface area contributed by atoms with Crippen LogP contribution in [0, 0.1) is 6.92 Å². The van der Waals surface area contributed by atoms with Gasteiger partial charge in [-0.3, -0.25) is 0 Å². The molecule has 0 aliphatic heterocycles. The van der Waals surface area contributed by atoms with Gasteiger partial charge in [-0.15, -0.1) is 11.3 Å². The van der Waals surface area contributed by atoms with E-state index in [4.69, 9.17) is 16.3 Å². The lowest BCUT2D eigenvalue weighted by Gasteiger charge is -2.07. The molecule has 1 aromatic carbocycles. The lowest BCUT2D eigenvalue weighted by atomic mass is 10.2. The zero-order chi connectivity index (χ0) is 13.2. The summed E-state index contributed by atoms with van der Waals surface area (Å²) in [4.78, 5) is 9.52. The largest absolute Gasteiger partial charge is 0.486 e. The van der Waals surface area contributed by atoms with Crippen LogP contribution in [0.2, 0.25) is 4.47 Å². The number of hydrogen-bond acceptors (Lipinski definition) is 4. The second kappa shape index (κ2) is 5.15. The molecule has 96 valence electrons. The number of nitrogens with zero attached hydrogens (tertiary/aromatic N) is 2. The van der Waals surface area contributed by atoms with Crippen LogP contribution in [-0.4, -0.2) is 9.97 Å². The van der Waals surface area contributed by atoms with Gasteiger partial charge in [0.05, 0.1) is 4.88 Å². The first kappa shape index (κ1) is 12.4. The molecule has 3 aromatic rings. The fourth-order valence-corrected chi connectivity index (χ4v) is 2.72. The van der Waals surface area contributed by atoms with E-state index in [-0.39, 0.29) is 0 Å². The van der Waals surface area contributed by atoms with Crippen molar-refractivity contribution in [2.45, 2.75) is 13.5 Å². The predicted molar refractivity (Wildman–Crippen MR) is 77.9 cm³/mol. The number of aromatic nitrogens is 2. The van der Waals surface area contributed by atoms with Crippen LogP contribution < -0.4 is 4.74 Å². The molecule has 0 fully saturated rings. The van der Waals surface area contributed by atoms with Crippen LogP contribution >= 0.6 is 22.9 Å². The first-order valence-electron chi connectivity index (χ1n) is 5.82. The minimum atomic E-state index is 0.457. The van der Waals surface area contributed by atoms with Gasteiger partial charge in [0.1, 0.15) is 17.9 Å². The van der Waals surface area contributed by atoms with Crippen molar-refractivity contribution < 1.29 is 4.74 Å². The molecule has 2 heterocycles. The van der Waals surface area contributed by atoms with Gasteiger partial charge in [-0.2, -0.15) is 0 Å². The smallest absolute Gasteiger partial charge is 0.183 e. The average Bonchev–Trinajstić information content (AvgIpc) is 2.82. The second-order valence-corrected chi connectivity index (χ2v) is 5.85. The van der Waals surface area contributed by atoms with Gasteiger partial charge in [0, 0.05) is 17.3 Å². The van der Waals surface area contributed by atoms with Crippen molar-refractivity contribution in [2.24, 2.45) is 0 Å². The van der Waals surface area contributed by atoms with Crippen molar-refractivity contribution in [2.75, 3.05) is 0 Å². The summed E-state index contributed by atoms with van der Waals surface area (Å²) in [5, 5.41) is 1.07. The number of rotatable bonds is 3. The van der Waals surface area contributed by atoms with Gasteiger partial charge in [0.25, 0.3) is 0 Å². The molecule has 0 aliphatic rings. The summed E-state index contributed by atoms with van der Waals surface area (Å²) in [5.41, 5.74) is 1.86. The van der Waals surface area contributed by atoms with E-state index >= 15 is 0 Å². The molecular formula is C14H11ClN2OS. The number of aryl methyl sites for hydroxylation is 1. The third-order valence-electron chi connectivity index (χ3n) is 2.72. The van der Waals surface area contributed by atoms with Gasteiger partial charge >= 0.3 is 0 Å². The molecule has 0 aliphatic carbocycles. The summed E-state index contributed by atoms with van der Waals surface area (Å²) >= 11 is 7.22. The molecule has 3 nitrogen and oxygen atoms in total. The van der Waals surface area contributed by atoms with E-state index in [2.05, 4.69) is 9.97 Å². The maximum atomic E-state index is 5.82. The quantitative estimate of drug-likeness (QED) is 0.724. The highest BCUT2D eigenvalue weighted by Gasteiger charge is 2.05. The van der Waals surface area contributed by atoms with Crippen molar-refractivity contribution in [3.63, 3.8) is 0 Å². The van der Waals surface area contributed by atoms with E-state index in [1.807, 2.05) is 37.3 Å². The Morgan fingerprint density at radius 1 is 1.26 bits per heavy atom. The van der Waals surface area contributed by atoms with Gasteiger partial charge in [-0.05, 0) is 19.1 Å². The normalized spacial score (nSPS) is 10.8. The molecule has 19 heavy (non-hydrogen) atoms. The lowest BCUT2D eigenvalue weighted by Crippen LogP contribution is -1.95. The molecule has 0 N–H and O–H groups in total.